The van der Waals surface area contributed by atoms with Crippen molar-refractivity contribution in [3.8, 4) is 11.3 Å². The summed E-state index contributed by atoms with van der Waals surface area (Å²) in [4.78, 5) is 16.1. The van der Waals surface area contributed by atoms with Crippen LogP contribution in [0.15, 0.2) is 69.8 Å². The molecule has 3 rings (SSSR count). The molecule has 0 spiro atoms. The molecule has 2 heterocycles. The summed E-state index contributed by atoms with van der Waals surface area (Å²) in [5.41, 5.74) is 1.87. The lowest BCUT2D eigenvalue weighted by Gasteiger charge is -2.02. The Balaban J connectivity index is 1.68. The predicted molar refractivity (Wildman–Crippen MR) is 87.3 cm³/mol. The molecule has 3 aromatic rings. The second-order valence-electron chi connectivity index (χ2n) is 4.71. The highest BCUT2D eigenvalue weighted by atomic mass is 79.9. The predicted octanol–water partition coefficient (Wildman–Crippen LogP) is 4.03. The molecule has 0 bridgehead atoms. The van der Waals surface area contributed by atoms with Crippen molar-refractivity contribution in [1.29, 1.82) is 0 Å². The number of aromatic nitrogens is 1. The molecule has 4 nitrogen and oxygen atoms in total. The van der Waals surface area contributed by atoms with E-state index in [-0.39, 0.29) is 5.91 Å². The average molecular weight is 357 g/mol. The Morgan fingerprint density at radius 3 is 2.68 bits per heavy atom. The summed E-state index contributed by atoms with van der Waals surface area (Å²) in [6.07, 6.45) is 3.41. The van der Waals surface area contributed by atoms with E-state index in [1.165, 1.54) is 0 Å². The second-order valence-corrected chi connectivity index (χ2v) is 5.63. The number of amides is 1. The van der Waals surface area contributed by atoms with E-state index in [1.54, 1.807) is 24.5 Å². The summed E-state index contributed by atoms with van der Waals surface area (Å²) in [5.74, 6) is 0.716. The summed E-state index contributed by atoms with van der Waals surface area (Å²) in [6.45, 7) is 0.418. The highest BCUT2D eigenvalue weighted by Crippen LogP contribution is 2.23. The van der Waals surface area contributed by atoms with E-state index in [0.29, 0.717) is 18.1 Å². The summed E-state index contributed by atoms with van der Waals surface area (Å²) < 4.78 is 6.61. The molecule has 0 aliphatic heterocycles. The molecule has 0 fully saturated rings. The third-order valence-electron chi connectivity index (χ3n) is 3.13. The van der Waals surface area contributed by atoms with Gasteiger partial charge in [-0.05, 0) is 35.9 Å². The molecule has 0 unspecified atom stereocenters. The maximum atomic E-state index is 12.1. The van der Waals surface area contributed by atoms with E-state index in [4.69, 9.17) is 4.42 Å². The third kappa shape index (κ3) is 3.43. The highest BCUT2D eigenvalue weighted by Gasteiger charge is 2.12. The number of pyridine rings is 1. The van der Waals surface area contributed by atoms with E-state index in [9.17, 15) is 4.79 Å². The van der Waals surface area contributed by atoms with Crippen molar-refractivity contribution in [2.24, 2.45) is 0 Å². The van der Waals surface area contributed by atoms with Gasteiger partial charge in [-0.2, -0.15) is 0 Å². The van der Waals surface area contributed by atoms with Crippen molar-refractivity contribution in [1.82, 2.24) is 10.3 Å². The van der Waals surface area contributed by atoms with Gasteiger partial charge in [0, 0.05) is 29.0 Å². The van der Waals surface area contributed by atoms with Gasteiger partial charge in [-0.15, -0.1) is 0 Å². The molecule has 5 heteroatoms. The smallest absolute Gasteiger partial charge is 0.287 e. The van der Waals surface area contributed by atoms with Crippen molar-refractivity contribution in [3.05, 3.63) is 76.7 Å². The van der Waals surface area contributed by atoms with Crippen LogP contribution >= 0.6 is 15.9 Å². The van der Waals surface area contributed by atoms with Crippen LogP contribution in [0.25, 0.3) is 11.3 Å². The number of rotatable bonds is 4. The van der Waals surface area contributed by atoms with Crippen molar-refractivity contribution < 1.29 is 9.21 Å². The van der Waals surface area contributed by atoms with Gasteiger partial charge in [-0.1, -0.05) is 34.1 Å². The van der Waals surface area contributed by atoms with Crippen molar-refractivity contribution in [2.75, 3.05) is 0 Å². The monoisotopic (exact) mass is 356 g/mol. The molecule has 110 valence electrons. The molecule has 1 amide bonds. The molecule has 0 atom stereocenters. The normalized spacial score (nSPS) is 10.4. The first-order valence-electron chi connectivity index (χ1n) is 6.75. The molecular weight excluding hydrogens is 344 g/mol. The largest absolute Gasteiger partial charge is 0.451 e. The number of halogens is 1. The summed E-state index contributed by atoms with van der Waals surface area (Å²) >= 11 is 3.39. The van der Waals surface area contributed by atoms with E-state index >= 15 is 0 Å². The minimum absolute atomic E-state index is 0.243. The molecule has 1 aromatic carbocycles. The Morgan fingerprint density at radius 2 is 1.95 bits per heavy atom. The maximum absolute atomic E-state index is 12.1. The average Bonchev–Trinajstić information content (AvgIpc) is 3.04. The van der Waals surface area contributed by atoms with Gasteiger partial charge >= 0.3 is 0 Å². The molecule has 0 saturated heterocycles. The van der Waals surface area contributed by atoms with E-state index in [1.807, 2.05) is 36.4 Å². The lowest BCUT2D eigenvalue weighted by atomic mass is 10.2. The van der Waals surface area contributed by atoms with Crippen molar-refractivity contribution in [2.45, 2.75) is 6.54 Å². The Kier molecular flexibility index (Phi) is 4.34. The maximum Gasteiger partial charge on any atom is 0.287 e. The van der Waals surface area contributed by atoms with Crippen molar-refractivity contribution in [3.63, 3.8) is 0 Å². The first-order valence-corrected chi connectivity index (χ1v) is 7.54. The number of carbonyl (C=O) groups excluding carboxylic acids is 1. The number of hydrogen-bond donors (Lipinski definition) is 1. The SMILES string of the molecule is O=C(NCc1cccnc1)c1ccc(-c2ccc(Br)cc2)o1. The van der Waals surface area contributed by atoms with Crippen LogP contribution in [0.1, 0.15) is 16.1 Å². The Hall–Kier alpha value is -2.40. The van der Waals surface area contributed by atoms with Crippen LogP contribution in [-0.4, -0.2) is 10.9 Å². The highest BCUT2D eigenvalue weighted by molar-refractivity contribution is 9.10. The van der Waals surface area contributed by atoms with Crippen LogP contribution in [0.4, 0.5) is 0 Å². The lowest BCUT2D eigenvalue weighted by molar-refractivity contribution is 0.0924. The van der Waals surface area contributed by atoms with Crippen LogP contribution in [0, 0.1) is 0 Å². The summed E-state index contributed by atoms with van der Waals surface area (Å²) in [5, 5.41) is 2.81. The van der Waals surface area contributed by atoms with E-state index in [0.717, 1.165) is 15.6 Å². The molecule has 2 aromatic heterocycles. The molecule has 0 saturated carbocycles. The zero-order valence-electron chi connectivity index (χ0n) is 11.6. The zero-order valence-corrected chi connectivity index (χ0v) is 13.2. The van der Waals surface area contributed by atoms with Gasteiger partial charge in [0.25, 0.3) is 5.91 Å². The van der Waals surface area contributed by atoms with Gasteiger partial charge in [0.05, 0.1) is 0 Å². The van der Waals surface area contributed by atoms with Crippen LogP contribution in [0.2, 0.25) is 0 Å². The van der Waals surface area contributed by atoms with Gasteiger partial charge in [0.1, 0.15) is 5.76 Å². The fraction of sp³-hybridized carbons (Fsp3) is 0.0588. The Bertz CT molecular complexity index is 767. The number of hydrogen-bond acceptors (Lipinski definition) is 3. The lowest BCUT2D eigenvalue weighted by Crippen LogP contribution is -2.22. The van der Waals surface area contributed by atoms with E-state index < -0.39 is 0 Å². The first-order chi connectivity index (χ1) is 10.7. The molecular formula is C17H13BrN2O2. The fourth-order valence-corrected chi connectivity index (χ4v) is 2.27. The number of nitrogens with one attached hydrogen (secondary N) is 1. The quantitative estimate of drug-likeness (QED) is 0.767. The fourth-order valence-electron chi connectivity index (χ4n) is 2.00. The van der Waals surface area contributed by atoms with Gasteiger partial charge in [-0.3, -0.25) is 9.78 Å². The molecule has 1 N–H and O–H groups in total. The van der Waals surface area contributed by atoms with Gasteiger partial charge in [0.15, 0.2) is 5.76 Å². The van der Waals surface area contributed by atoms with Crippen LogP contribution in [-0.2, 0) is 6.54 Å². The summed E-state index contributed by atoms with van der Waals surface area (Å²) in [7, 11) is 0. The minimum atomic E-state index is -0.243. The standard InChI is InChI=1S/C17H13BrN2O2/c18-14-5-3-13(4-6-14)15-7-8-16(22-15)17(21)20-11-12-2-1-9-19-10-12/h1-10H,11H2,(H,20,21). The second kappa shape index (κ2) is 6.58. The minimum Gasteiger partial charge on any atom is -0.451 e. The molecule has 22 heavy (non-hydrogen) atoms. The van der Waals surface area contributed by atoms with Crippen LogP contribution < -0.4 is 5.32 Å². The summed E-state index contributed by atoms with van der Waals surface area (Å²) in [6, 6.07) is 14.9. The van der Waals surface area contributed by atoms with Gasteiger partial charge < -0.3 is 9.73 Å². The number of benzene rings is 1. The van der Waals surface area contributed by atoms with Gasteiger partial charge in [0.2, 0.25) is 0 Å². The van der Waals surface area contributed by atoms with Gasteiger partial charge in [-0.25, -0.2) is 0 Å². The van der Waals surface area contributed by atoms with Crippen LogP contribution in [0.5, 0.6) is 0 Å². The molecule has 0 aliphatic carbocycles. The molecule has 0 radical (unpaired) electrons. The van der Waals surface area contributed by atoms with E-state index in [2.05, 4.69) is 26.2 Å². The number of carbonyl (C=O) groups is 1. The topological polar surface area (TPSA) is 55.1 Å². The first kappa shape index (κ1) is 14.5. The number of furan rings is 1. The molecule has 0 aliphatic rings. The zero-order chi connectivity index (χ0) is 15.4. The third-order valence-corrected chi connectivity index (χ3v) is 3.66. The van der Waals surface area contributed by atoms with Crippen LogP contribution in [0.3, 0.4) is 0 Å². The Labute approximate surface area is 136 Å². The van der Waals surface area contributed by atoms with Crippen molar-refractivity contribution >= 4 is 21.8 Å². The Morgan fingerprint density at radius 1 is 1.14 bits per heavy atom. The number of nitrogens with zero attached hydrogens (tertiary/aromatic N) is 1.